The Balaban J connectivity index is 1.71. The summed E-state index contributed by atoms with van der Waals surface area (Å²) >= 11 is 0. The number of aryl methyl sites for hydroxylation is 1. The predicted octanol–water partition coefficient (Wildman–Crippen LogP) is 3.31. The van der Waals surface area contributed by atoms with Gasteiger partial charge in [0.1, 0.15) is 0 Å². The fourth-order valence-electron chi connectivity index (χ4n) is 2.00. The van der Waals surface area contributed by atoms with Crippen LogP contribution in [0, 0.1) is 6.92 Å². The summed E-state index contributed by atoms with van der Waals surface area (Å²) in [7, 11) is 0. The van der Waals surface area contributed by atoms with E-state index in [1.165, 1.54) is 29.5 Å². The van der Waals surface area contributed by atoms with E-state index < -0.39 is 0 Å². The smallest absolute Gasteiger partial charge is 0.0373 e. The number of hydrogen-bond acceptors (Lipinski definition) is 2. The van der Waals surface area contributed by atoms with Crippen molar-refractivity contribution in [2.45, 2.75) is 32.4 Å². The van der Waals surface area contributed by atoms with Gasteiger partial charge in [0.05, 0.1) is 0 Å². The molecule has 2 heteroatoms. The van der Waals surface area contributed by atoms with Gasteiger partial charge in [0.15, 0.2) is 0 Å². The Labute approximate surface area is 108 Å². The van der Waals surface area contributed by atoms with Crippen LogP contribution in [-0.4, -0.2) is 11.0 Å². The molecule has 0 spiro atoms. The van der Waals surface area contributed by atoms with Gasteiger partial charge in [0, 0.05) is 30.0 Å². The van der Waals surface area contributed by atoms with Gasteiger partial charge >= 0.3 is 0 Å². The third kappa shape index (κ3) is 2.77. The maximum Gasteiger partial charge on any atom is 0.0373 e. The fraction of sp³-hybridized carbons (Fsp3) is 0.312. The van der Waals surface area contributed by atoms with Crippen LogP contribution >= 0.6 is 0 Å². The van der Waals surface area contributed by atoms with Crippen molar-refractivity contribution in [1.29, 1.82) is 0 Å². The first-order chi connectivity index (χ1) is 8.81. The zero-order valence-electron chi connectivity index (χ0n) is 10.7. The molecule has 18 heavy (non-hydrogen) atoms. The third-order valence-corrected chi connectivity index (χ3v) is 3.37. The van der Waals surface area contributed by atoms with Crippen molar-refractivity contribution in [3.8, 4) is 11.1 Å². The number of nitrogens with one attached hydrogen (secondary N) is 1. The Morgan fingerprint density at radius 2 is 1.78 bits per heavy atom. The van der Waals surface area contributed by atoms with Crippen LogP contribution < -0.4 is 5.32 Å². The molecule has 1 aromatic carbocycles. The molecule has 0 saturated heterocycles. The first kappa shape index (κ1) is 11.4. The van der Waals surface area contributed by atoms with Crippen molar-refractivity contribution in [3.63, 3.8) is 0 Å². The average Bonchev–Trinajstić information content (AvgIpc) is 3.22. The van der Waals surface area contributed by atoms with Gasteiger partial charge in [0.2, 0.25) is 0 Å². The monoisotopic (exact) mass is 238 g/mol. The molecule has 1 fully saturated rings. The van der Waals surface area contributed by atoms with Crippen molar-refractivity contribution in [3.05, 3.63) is 53.9 Å². The fourth-order valence-corrected chi connectivity index (χ4v) is 2.00. The molecular weight excluding hydrogens is 220 g/mol. The molecule has 3 rings (SSSR count). The van der Waals surface area contributed by atoms with Gasteiger partial charge in [-0.2, -0.15) is 0 Å². The van der Waals surface area contributed by atoms with Gasteiger partial charge in [-0.3, -0.25) is 4.98 Å². The molecule has 1 N–H and O–H groups in total. The lowest BCUT2D eigenvalue weighted by Gasteiger charge is -2.05. The van der Waals surface area contributed by atoms with Crippen LogP contribution in [0.1, 0.15) is 24.1 Å². The highest BCUT2D eigenvalue weighted by Crippen LogP contribution is 2.21. The highest BCUT2D eigenvalue weighted by atomic mass is 14.9. The normalized spacial score (nSPS) is 14.7. The zero-order valence-corrected chi connectivity index (χ0v) is 10.7. The molecule has 0 bridgehead atoms. The second-order valence-corrected chi connectivity index (χ2v) is 5.04. The molecule has 0 atom stereocenters. The van der Waals surface area contributed by atoms with E-state index in [1.807, 2.05) is 13.1 Å². The molecule has 1 saturated carbocycles. The molecule has 1 aliphatic carbocycles. The molecule has 0 amide bonds. The van der Waals surface area contributed by atoms with Gasteiger partial charge in [-0.25, -0.2) is 0 Å². The van der Waals surface area contributed by atoms with E-state index in [2.05, 4.69) is 46.7 Å². The van der Waals surface area contributed by atoms with Crippen LogP contribution in [0.3, 0.4) is 0 Å². The Morgan fingerprint density at radius 3 is 2.39 bits per heavy atom. The van der Waals surface area contributed by atoms with Crippen molar-refractivity contribution in [1.82, 2.24) is 10.3 Å². The number of pyridine rings is 1. The van der Waals surface area contributed by atoms with E-state index in [-0.39, 0.29) is 0 Å². The van der Waals surface area contributed by atoms with Crippen LogP contribution in [0.2, 0.25) is 0 Å². The number of benzene rings is 1. The van der Waals surface area contributed by atoms with E-state index in [4.69, 9.17) is 0 Å². The first-order valence-electron chi connectivity index (χ1n) is 6.56. The van der Waals surface area contributed by atoms with Crippen LogP contribution in [0.4, 0.5) is 0 Å². The second kappa shape index (κ2) is 4.91. The molecular formula is C16H18N2. The quantitative estimate of drug-likeness (QED) is 0.884. The maximum atomic E-state index is 4.33. The van der Waals surface area contributed by atoms with Crippen LogP contribution in [0.25, 0.3) is 11.1 Å². The lowest BCUT2D eigenvalue weighted by molar-refractivity contribution is 0.688. The minimum atomic E-state index is 0.769. The van der Waals surface area contributed by atoms with Gasteiger partial charge < -0.3 is 5.32 Å². The molecule has 0 unspecified atom stereocenters. The van der Waals surface area contributed by atoms with Crippen molar-refractivity contribution < 1.29 is 0 Å². The van der Waals surface area contributed by atoms with Gasteiger partial charge in [-0.15, -0.1) is 0 Å². The van der Waals surface area contributed by atoms with Crippen LogP contribution in [0.5, 0.6) is 0 Å². The Hall–Kier alpha value is -1.67. The van der Waals surface area contributed by atoms with Crippen molar-refractivity contribution >= 4 is 0 Å². The lowest BCUT2D eigenvalue weighted by Crippen LogP contribution is -2.14. The van der Waals surface area contributed by atoms with Gasteiger partial charge in [-0.05, 0) is 37.0 Å². The SMILES string of the molecule is Cc1ccc(-c2ccc(CNC3CC3)cc2)cn1. The van der Waals surface area contributed by atoms with E-state index in [1.54, 1.807) is 0 Å². The highest BCUT2D eigenvalue weighted by Gasteiger charge is 2.19. The lowest BCUT2D eigenvalue weighted by atomic mass is 10.1. The summed E-state index contributed by atoms with van der Waals surface area (Å²) in [4.78, 5) is 4.33. The molecule has 1 aromatic heterocycles. The zero-order chi connectivity index (χ0) is 12.4. The number of rotatable bonds is 4. The van der Waals surface area contributed by atoms with Crippen LogP contribution in [0.15, 0.2) is 42.6 Å². The van der Waals surface area contributed by atoms with Crippen molar-refractivity contribution in [2.24, 2.45) is 0 Å². The second-order valence-electron chi connectivity index (χ2n) is 5.04. The van der Waals surface area contributed by atoms with Crippen LogP contribution in [-0.2, 0) is 6.54 Å². The molecule has 1 heterocycles. The molecule has 1 aliphatic rings. The molecule has 2 nitrogen and oxygen atoms in total. The van der Waals surface area contributed by atoms with Gasteiger partial charge in [0.25, 0.3) is 0 Å². The molecule has 2 aromatic rings. The highest BCUT2D eigenvalue weighted by molar-refractivity contribution is 5.62. The minimum Gasteiger partial charge on any atom is -0.310 e. The standard InChI is InChI=1S/C16H18N2/c1-12-2-5-15(11-17-12)14-6-3-13(4-7-14)10-18-16-8-9-16/h2-7,11,16,18H,8-10H2,1H3. The Kier molecular flexibility index (Phi) is 3.11. The number of hydrogen-bond donors (Lipinski definition) is 1. The third-order valence-electron chi connectivity index (χ3n) is 3.37. The predicted molar refractivity (Wildman–Crippen MR) is 74.3 cm³/mol. The summed E-state index contributed by atoms with van der Waals surface area (Å²) in [5.74, 6) is 0. The van der Waals surface area contributed by atoms with E-state index >= 15 is 0 Å². The molecule has 92 valence electrons. The van der Waals surface area contributed by atoms with Gasteiger partial charge in [-0.1, -0.05) is 30.3 Å². The minimum absolute atomic E-state index is 0.769. The summed E-state index contributed by atoms with van der Waals surface area (Å²) in [6.07, 6.45) is 4.62. The summed E-state index contributed by atoms with van der Waals surface area (Å²) in [5, 5.41) is 3.53. The topological polar surface area (TPSA) is 24.9 Å². The molecule has 0 radical (unpaired) electrons. The first-order valence-corrected chi connectivity index (χ1v) is 6.56. The summed E-state index contributed by atoms with van der Waals surface area (Å²) in [6.45, 7) is 2.99. The Morgan fingerprint density at radius 1 is 1.06 bits per heavy atom. The van der Waals surface area contributed by atoms with E-state index in [0.29, 0.717) is 0 Å². The summed E-state index contributed by atoms with van der Waals surface area (Å²) in [5.41, 5.74) is 4.83. The number of aromatic nitrogens is 1. The largest absolute Gasteiger partial charge is 0.310 e. The Bertz CT molecular complexity index is 510. The summed E-state index contributed by atoms with van der Waals surface area (Å²) in [6, 6.07) is 13.7. The van der Waals surface area contributed by atoms with E-state index in [9.17, 15) is 0 Å². The molecule has 0 aliphatic heterocycles. The average molecular weight is 238 g/mol. The number of nitrogens with zero attached hydrogens (tertiary/aromatic N) is 1. The summed E-state index contributed by atoms with van der Waals surface area (Å²) < 4.78 is 0. The van der Waals surface area contributed by atoms with Crippen molar-refractivity contribution in [2.75, 3.05) is 0 Å². The van der Waals surface area contributed by atoms with E-state index in [0.717, 1.165) is 18.3 Å². The maximum absolute atomic E-state index is 4.33.